The van der Waals surface area contributed by atoms with E-state index in [1.54, 1.807) is 0 Å². The minimum Gasteiger partial charge on any atom is -0.242 e. The summed E-state index contributed by atoms with van der Waals surface area (Å²) in [6, 6.07) is 1.30. The van der Waals surface area contributed by atoms with Crippen molar-refractivity contribution in [1.82, 2.24) is 9.71 Å². The molecule has 0 amide bonds. The SMILES string of the molecule is CSCCCCCCNS(=O)(=O)c1cnc(Cl)c(Cl)c1. The van der Waals surface area contributed by atoms with Gasteiger partial charge in [-0.1, -0.05) is 36.0 Å². The Hall–Kier alpha value is -0.0100. The van der Waals surface area contributed by atoms with Gasteiger partial charge in [0.05, 0.1) is 5.02 Å². The van der Waals surface area contributed by atoms with E-state index >= 15 is 0 Å². The monoisotopic (exact) mass is 356 g/mol. The smallest absolute Gasteiger partial charge is 0.242 e. The Kier molecular flexibility index (Phi) is 8.21. The van der Waals surface area contributed by atoms with E-state index in [-0.39, 0.29) is 15.1 Å². The van der Waals surface area contributed by atoms with Crippen molar-refractivity contribution < 1.29 is 8.42 Å². The molecule has 114 valence electrons. The van der Waals surface area contributed by atoms with Crippen molar-refractivity contribution in [2.75, 3.05) is 18.6 Å². The summed E-state index contributed by atoms with van der Waals surface area (Å²) in [7, 11) is -3.56. The van der Waals surface area contributed by atoms with Crippen LogP contribution in [0.15, 0.2) is 17.2 Å². The highest BCUT2D eigenvalue weighted by atomic mass is 35.5. The number of hydrogen-bond acceptors (Lipinski definition) is 4. The molecule has 1 aromatic rings. The molecule has 0 aromatic carbocycles. The van der Waals surface area contributed by atoms with Gasteiger partial charge in [-0.05, 0) is 30.9 Å². The van der Waals surface area contributed by atoms with Crippen LogP contribution >= 0.6 is 35.0 Å². The highest BCUT2D eigenvalue weighted by Crippen LogP contribution is 2.21. The average Bonchev–Trinajstić information content (AvgIpc) is 2.40. The highest BCUT2D eigenvalue weighted by Gasteiger charge is 2.15. The van der Waals surface area contributed by atoms with Crippen LogP contribution in [0.1, 0.15) is 25.7 Å². The molecule has 8 heteroatoms. The minimum atomic E-state index is -3.56. The lowest BCUT2D eigenvalue weighted by atomic mass is 10.2. The highest BCUT2D eigenvalue weighted by molar-refractivity contribution is 7.98. The van der Waals surface area contributed by atoms with E-state index in [0.29, 0.717) is 6.54 Å². The summed E-state index contributed by atoms with van der Waals surface area (Å²) in [5.74, 6) is 1.15. The molecule has 0 unspecified atom stereocenters. The fourth-order valence-electron chi connectivity index (χ4n) is 1.57. The molecular weight excluding hydrogens is 339 g/mol. The van der Waals surface area contributed by atoms with Crippen LogP contribution in [0.25, 0.3) is 0 Å². The maximum absolute atomic E-state index is 12.0. The summed E-state index contributed by atoms with van der Waals surface area (Å²) >= 11 is 13.2. The standard InChI is InChI=1S/C12H18Cl2N2O2S2/c1-19-7-5-3-2-4-6-16-20(17,18)10-8-11(13)12(14)15-9-10/h8-9,16H,2-7H2,1H3. The normalized spacial score (nSPS) is 11.8. The van der Waals surface area contributed by atoms with E-state index < -0.39 is 10.0 Å². The molecule has 0 fully saturated rings. The van der Waals surface area contributed by atoms with E-state index in [0.717, 1.165) is 25.0 Å². The Morgan fingerprint density at radius 3 is 2.60 bits per heavy atom. The van der Waals surface area contributed by atoms with Crippen molar-refractivity contribution in [2.45, 2.75) is 30.6 Å². The number of rotatable bonds is 9. The first-order chi connectivity index (χ1) is 9.47. The molecule has 20 heavy (non-hydrogen) atoms. The molecule has 1 N–H and O–H groups in total. The summed E-state index contributed by atoms with van der Waals surface area (Å²) in [5, 5.41) is 0.228. The molecule has 4 nitrogen and oxygen atoms in total. The largest absolute Gasteiger partial charge is 0.242 e. The van der Waals surface area contributed by atoms with Gasteiger partial charge in [0.25, 0.3) is 0 Å². The maximum atomic E-state index is 12.0. The Balaban J connectivity index is 2.40. The van der Waals surface area contributed by atoms with Gasteiger partial charge in [0, 0.05) is 12.7 Å². The average molecular weight is 357 g/mol. The number of halogens is 2. The van der Waals surface area contributed by atoms with Gasteiger partial charge in [0.15, 0.2) is 0 Å². The number of nitrogens with one attached hydrogen (secondary N) is 1. The third-order valence-corrected chi connectivity index (χ3v) is 5.46. The van der Waals surface area contributed by atoms with Gasteiger partial charge in [-0.2, -0.15) is 11.8 Å². The topological polar surface area (TPSA) is 59.1 Å². The molecule has 0 aliphatic carbocycles. The van der Waals surface area contributed by atoms with Gasteiger partial charge in [-0.15, -0.1) is 0 Å². The van der Waals surface area contributed by atoms with Crippen LogP contribution in [0.2, 0.25) is 10.2 Å². The first-order valence-corrected chi connectivity index (χ1v) is 9.90. The molecule has 0 bridgehead atoms. The van der Waals surface area contributed by atoms with Crippen LogP contribution in [-0.4, -0.2) is 32.0 Å². The molecule has 0 saturated carbocycles. The van der Waals surface area contributed by atoms with Gasteiger partial charge in [-0.25, -0.2) is 18.1 Å². The first-order valence-electron chi connectivity index (χ1n) is 6.27. The van der Waals surface area contributed by atoms with Gasteiger partial charge in [0.1, 0.15) is 10.0 Å². The molecule has 0 aliphatic heterocycles. The van der Waals surface area contributed by atoms with E-state index in [4.69, 9.17) is 23.2 Å². The van der Waals surface area contributed by atoms with Gasteiger partial charge in [0.2, 0.25) is 10.0 Å². The van der Waals surface area contributed by atoms with E-state index in [2.05, 4.69) is 16.0 Å². The third kappa shape index (κ3) is 6.18. The summed E-state index contributed by atoms with van der Waals surface area (Å²) in [6.45, 7) is 0.418. The van der Waals surface area contributed by atoms with Gasteiger partial charge in [-0.3, -0.25) is 0 Å². The summed E-state index contributed by atoms with van der Waals surface area (Å²) in [5.41, 5.74) is 0. The van der Waals surface area contributed by atoms with Crippen molar-refractivity contribution in [3.05, 3.63) is 22.4 Å². The molecule has 0 radical (unpaired) electrons. The zero-order valence-corrected chi connectivity index (χ0v) is 14.4. The second kappa shape index (κ2) is 9.10. The van der Waals surface area contributed by atoms with Crippen LogP contribution < -0.4 is 4.72 Å². The van der Waals surface area contributed by atoms with Crippen LogP contribution in [0, 0.1) is 0 Å². The molecular formula is C12H18Cl2N2O2S2. The Morgan fingerprint density at radius 1 is 1.25 bits per heavy atom. The summed E-state index contributed by atoms with van der Waals surface area (Å²) < 4.78 is 26.5. The van der Waals surface area contributed by atoms with Crippen LogP contribution in [-0.2, 0) is 10.0 Å². The van der Waals surface area contributed by atoms with Crippen molar-refractivity contribution in [2.24, 2.45) is 0 Å². The molecule has 0 aliphatic rings. The lowest BCUT2D eigenvalue weighted by molar-refractivity contribution is 0.573. The first kappa shape index (κ1) is 18.0. The molecule has 0 spiro atoms. The maximum Gasteiger partial charge on any atom is 0.242 e. The number of aromatic nitrogens is 1. The second-order valence-corrected chi connectivity index (χ2v) is 7.77. The number of nitrogens with zero attached hydrogens (tertiary/aromatic N) is 1. The Bertz CT molecular complexity index is 524. The number of pyridine rings is 1. The number of thioether (sulfide) groups is 1. The predicted octanol–water partition coefficient (Wildman–Crippen LogP) is 3.59. The van der Waals surface area contributed by atoms with E-state index in [1.807, 2.05) is 11.8 Å². The van der Waals surface area contributed by atoms with Crippen molar-refractivity contribution in [3.8, 4) is 0 Å². The minimum absolute atomic E-state index is 0.0364. The van der Waals surface area contributed by atoms with Crippen LogP contribution in [0.4, 0.5) is 0 Å². The number of sulfonamides is 1. The predicted molar refractivity (Wildman–Crippen MR) is 86.3 cm³/mol. The molecule has 0 atom stereocenters. The molecule has 1 heterocycles. The fourth-order valence-corrected chi connectivity index (χ4v) is 3.44. The van der Waals surface area contributed by atoms with Gasteiger partial charge >= 0.3 is 0 Å². The molecule has 1 rings (SSSR count). The third-order valence-electron chi connectivity index (χ3n) is 2.65. The zero-order chi connectivity index (χ0) is 15.0. The zero-order valence-electron chi connectivity index (χ0n) is 11.2. The lowest BCUT2D eigenvalue weighted by Crippen LogP contribution is -2.25. The van der Waals surface area contributed by atoms with Gasteiger partial charge < -0.3 is 0 Å². The van der Waals surface area contributed by atoms with Crippen molar-refractivity contribution in [3.63, 3.8) is 0 Å². The quantitative estimate of drug-likeness (QED) is 0.542. The molecule has 1 aromatic heterocycles. The number of hydrogen-bond donors (Lipinski definition) is 1. The van der Waals surface area contributed by atoms with E-state index in [9.17, 15) is 8.42 Å². The fraction of sp³-hybridized carbons (Fsp3) is 0.583. The number of unbranched alkanes of at least 4 members (excludes halogenated alkanes) is 3. The Morgan fingerprint density at radius 2 is 1.95 bits per heavy atom. The molecule has 0 saturated heterocycles. The second-order valence-electron chi connectivity index (χ2n) is 4.25. The van der Waals surface area contributed by atoms with Crippen molar-refractivity contribution in [1.29, 1.82) is 0 Å². The summed E-state index contributed by atoms with van der Waals surface area (Å²) in [6.07, 6.45) is 7.42. The van der Waals surface area contributed by atoms with E-state index in [1.165, 1.54) is 18.7 Å². The lowest BCUT2D eigenvalue weighted by Gasteiger charge is -2.07. The summed E-state index contributed by atoms with van der Waals surface area (Å²) in [4.78, 5) is 3.77. The van der Waals surface area contributed by atoms with Crippen LogP contribution in [0.3, 0.4) is 0 Å². The Labute approximate surface area is 134 Å². The van der Waals surface area contributed by atoms with Crippen LogP contribution in [0.5, 0.6) is 0 Å². The van der Waals surface area contributed by atoms with Crippen molar-refractivity contribution >= 4 is 45.0 Å².